The van der Waals surface area contributed by atoms with Crippen LogP contribution in [0.25, 0.3) is 0 Å². The molecule has 1 aliphatic heterocycles. The molecule has 0 radical (unpaired) electrons. The van der Waals surface area contributed by atoms with E-state index in [4.69, 9.17) is 0 Å². The molecule has 2 atom stereocenters. The lowest BCUT2D eigenvalue weighted by Crippen LogP contribution is -2.31. The minimum absolute atomic E-state index is 0.0707. The Morgan fingerprint density at radius 1 is 1.24 bits per heavy atom. The van der Waals surface area contributed by atoms with Crippen molar-refractivity contribution in [2.24, 2.45) is 0 Å². The lowest BCUT2D eigenvalue weighted by molar-refractivity contribution is 0.0782. The first-order chi connectivity index (χ1) is 14.0. The molecule has 2 unspecified atom stereocenters. The Morgan fingerprint density at radius 3 is 2.72 bits per heavy atom. The molecule has 158 valence electrons. The topological polar surface area (TPSA) is 49.3 Å². The van der Waals surface area contributed by atoms with E-state index in [1.54, 1.807) is 0 Å². The van der Waals surface area contributed by atoms with Crippen LogP contribution in [-0.4, -0.2) is 35.0 Å². The summed E-state index contributed by atoms with van der Waals surface area (Å²) in [7, 11) is 1.87. The number of aromatic nitrogens is 1. The van der Waals surface area contributed by atoms with Crippen molar-refractivity contribution in [1.29, 1.82) is 0 Å². The number of hydrogen-bond donors (Lipinski definition) is 2. The Hall–Kier alpha value is -1.70. The molecule has 3 rings (SSSR count). The molecule has 0 saturated carbocycles. The van der Waals surface area contributed by atoms with E-state index in [1.807, 2.05) is 47.8 Å². The number of unbranched alkanes of at least 4 members (excludes halogenated alkanes) is 2. The molecule has 0 aliphatic carbocycles. The fourth-order valence-corrected chi connectivity index (χ4v) is 4.32. The molecule has 1 fully saturated rings. The van der Waals surface area contributed by atoms with Crippen LogP contribution in [0.5, 0.6) is 0 Å². The highest BCUT2D eigenvalue weighted by Crippen LogP contribution is 2.24. The molecule has 1 saturated heterocycles. The molecule has 1 aromatic heterocycles. The number of amides is 1. The van der Waals surface area contributed by atoms with E-state index >= 15 is 0 Å². The van der Waals surface area contributed by atoms with Crippen LogP contribution in [0.4, 0.5) is 4.39 Å². The summed E-state index contributed by atoms with van der Waals surface area (Å²) in [6.07, 6.45) is 7.26. The molecule has 0 spiro atoms. The zero-order valence-corrected chi connectivity index (χ0v) is 18.7. The van der Waals surface area contributed by atoms with Gasteiger partial charge in [-0.25, -0.2) is 4.39 Å². The van der Waals surface area contributed by atoms with Crippen LogP contribution in [0.1, 0.15) is 61.1 Å². The second kappa shape index (κ2) is 10.4. The quantitative estimate of drug-likeness (QED) is 0.531. The third-order valence-electron chi connectivity index (χ3n) is 5.57. The molecule has 5 nitrogen and oxygen atoms in total. The molecule has 29 heavy (non-hydrogen) atoms. The number of nitrogens with one attached hydrogen (secondary N) is 2. The Bertz CT molecular complexity index is 808. The summed E-state index contributed by atoms with van der Waals surface area (Å²) < 4.78 is 16.0. The number of carbonyl (C=O) groups is 1. The van der Waals surface area contributed by atoms with E-state index in [9.17, 15) is 9.18 Å². The van der Waals surface area contributed by atoms with Gasteiger partial charge in [-0.2, -0.15) is 0 Å². The van der Waals surface area contributed by atoms with Gasteiger partial charge in [0.05, 0.1) is 0 Å². The number of rotatable bonds is 9. The number of hydrogen-bond acceptors (Lipinski definition) is 3. The normalized spacial score (nSPS) is 18.9. The van der Waals surface area contributed by atoms with Gasteiger partial charge in [-0.3, -0.25) is 15.6 Å². The van der Waals surface area contributed by atoms with Crippen molar-refractivity contribution in [3.8, 4) is 0 Å². The molecule has 1 aliphatic rings. The van der Waals surface area contributed by atoms with Crippen molar-refractivity contribution in [3.63, 3.8) is 0 Å². The van der Waals surface area contributed by atoms with Crippen molar-refractivity contribution in [1.82, 2.24) is 20.3 Å². The minimum Gasteiger partial charge on any atom is -0.343 e. The van der Waals surface area contributed by atoms with Crippen LogP contribution in [0, 0.1) is 5.82 Å². The van der Waals surface area contributed by atoms with Crippen LogP contribution >= 0.6 is 15.9 Å². The smallest absolute Gasteiger partial charge is 0.270 e. The van der Waals surface area contributed by atoms with Crippen molar-refractivity contribution < 1.29 is 9.18 Å². The first kappa shape index (κ1) is 22.0. The third-order valence-corrected chi connectivity index (χ3v) is 6.00. The number of aryl methyl sites for hydroxylation is 1. The molecule has 2 heterocycles. The van der Waals surface area contributed by atoms with Gasteiger partial charge in [0.1, 0.15) is 11.5 Å². The fourth-order valence-electron chi connectivity index (χ4n) is 3.85. The van der Waals surface area contributed by atoms with Gasteiger partial charge in [0, 0.05) is 42.9 Å². The predicted molar refractivity (Wildman–Crippen MR) is 117 cm³/mol. The first-order valence-corrected chi connectivity index (χ1v) is 11.1. The van der Waals surface area contributed by atoms with Crippen LogP contribution in [0.2, 0.25) is 0 Å². The standard InChI is InChI=1S/C22H30BrFN4O/c1-3-28-15-17(23)13-21(28)22(29)27(2)12-6-4-5-7-19-14-20(26-25-19)16-8-10-18(24)11-9-16/h8-11,13,15,19-20,25-26H,3-7,12,14H2,1-2H3. The fraction of sp³-hybridized carbons (Fsp3) is 0.500. The maximum absolute atomic E-state index is 13.1. The van der Waals surface area contributed by atoms with Crippen LogP contribution in [0.15, 0.2) is 41.0 Å². The van der Waals surface area contributed by atoms with Crippen LogP contribution in [0.3, 0.4) is 0 Å². The number of benzene rings is 1. The molecular formula is C22H30BrFN4O. The summed E-state index contributed by atoms with van der Waals surface area (Å²) >= 11 is 3.45. The SMILES string of the molecule is CCn1cc(Br)cc1C(=O)N(C)CCCCCC1CC(c2ccc(F)cc2)NN1. The first-order valence-electron chi connectivity index (χ1n) is 10.4. The Morgan fingerprint density at radius 2 is 2.00 bits per heavy atom. The van der Waals surface area contributed by atoms with Crippen LogP contribution in [-0.2, 0) is 6.54 Å². The monoisotopic (exact) mass is 464 g/mol. The summed E-state index contributed by atoms with van der Waals surface area (Å²) in [6.45, 7) is 3.58. The van der Waals surface area contributed by atoms with Gasteiger partial charge in [-0.1, -0.05) is 25.0 Å². The highest BCUT2D eigenvalue weighted by Gasteiger charge is 2.24. The van der Waals surface area contributed by atoms with Crippen molar-refractivity contribution in [2.75, 3.05) is 13.6 Å². The maximum atomic E-state index is 13.1. The largest absolute Gasteiger partial charge is 0.343 e. The predicted octanol–water partition coefficient (Wildman–Crippen LogP) is 4.65. The van der Waals surface area contributed by atoms with E-state index in [0.29, 0.717) is 6.04 Å². The highest BCUT2D eigenvalue weighted by atomic mass is 79.9. The number of halogens is 2. The summed E-state index contributed by atoms with van der Waals surface area (Å²) in [5.74, 6) is -0.128. The van der Waals surface area contributed by atoms with E-state index in [1.165, 1.54) is 12.1 Å². The minimum atomic E-state index is -0.199. The lowest BCUT2D eigenvalue weighted by atomic mass is 9.99. The van der Waals surface area contributed by atoms with Gasteiger partial charge in [0.2, 0.25) is 0 Å². The molecule has 2 N–H and O–H groups in total. The van der Waals surface area contributed by atoms with E-state index in [0.717, 1.165) is 60.9 Å². The molecule has 7 heteroatoms. The molecule has 1 amide bonds. The Kier molecular flexibility index (Phi) is 7.86. The van der Waals surface area contributed by atoms with Gasteiger partial charge in [0.25, 0.3) is 5.91 Å². The number of hydrazine groups is 1. The van der Waals surface area contributed by atoms with E-state index < -0.39 is 0 Å². The number of carbonyl (C=O) groups excluding carboxylic acids is 1. The zero-order chi connectivity index (χ0) is 20.8. The molecular weight excluding hydrogens is 435 g/mol. The van der Waals surface area contributed by atoms with Gasteiger partial charge < -0.3 is 9.47 Å². The zero-order valence-electron chi connectivity index (χ0n) is 17.1. The van der Waals surface area contributed by atoms with Crippen molar-refractivity contribution in [3.05, 3.63) is 58.1 Å². The van der Waals surface area contributed by atoms with E-state index in [2.05, 4.69) is 26.8 Å². The second-order valence-electron chi connectivity index (χ2n) is 7.73. The molecule has 0 bridgehead atoms. The Labute approximate surface area is 180 Å². The molecule has 2 aromatic rings. The van der Waals surface area contributed by atoms with Gasteiger partial charge >= 0.3 is 0 Å². The number of nitrogens with zero attached hydrogens (tertiary/aromatic N) is 2. The average molecular weight is 465 g/mol. The summed E-state index contributed by atoms with van der Waals surface area (Å²) in [6, 6.07) is 9.26. The Balaban J connectivity index is 1.34. The van der Waals surface area contributed by atoms with Crippen molar-refractivity contribution in [2.45, 2.75) is 57.7 Å². The summed E-state index contributed by atoms with van der Waals surface area (Å²) in [5, 5.41) is 0. The average Bonchev–Trinajstić information content (AvgIpc) is 3.34. The summed E-state index contributed by atoms with van der Waals surface area (Å²) in [5.41, 5.74) is 8.52. The summed E-state index contributed by atoms with van der Waals surface area (Å²) in [4.78, 5) is 14.5. The van der Waals surface area contributed by atoms with Crippen LogP contribution < -0.4 is 10.9 Å². The third kappa shape index (κ3) is 5.90. The molecule has 1 aromatic carbocycles. The van der Waals surface area contributed by atoms with Crippen molar-refractivity contribution >= 4 is 21.8 Å². The van der Waals surface area contributed by atoms with Gasteiger partial charge in [0.15, 0.2) is 0 Å². The van der Waals surface area contributed by atoms with Gasteiger partial charge in [-0.05, 0) is 65.9 Å². The second-order valence-corrected chi connectivity index (χ2v) is 8.65. The maximum Gasteiger partial charge on any atom is 0.270 e. The highest BCUT2D eigenvalue weighted by molar-refractivity contribution is 9.10. The van der Waals surface area contributed by atoms with Gasteiger partial charge in [-0.15, -0.1) is 0 Å². The lowest BCUT2D eigenvalue weighted by Gasteiger charge is -2.18. The van der Waals surface area contributed by atoms with E-state index in [-0.39, 0.29) is 17.8 Å².